The second kappa shape index (κ2) is 9.33. The monoisotopic (exact) mass is 306 g/mol. The summed E-state index contributed by atoms with van der Waals surface area (Å²) in [6, 6.07) is 6.39. The van der Waals surface area contributed by atoms with E-state index in [2.05, 4.69) is 10.2 Å². The molecule has 5 heteroatoms. The lowest BCUT2D eigenvalue weighted by atomic mass is 10.2. The average molecular weight is 306 g/mol. The van der Waals surface area contributed by atoms with Gasteiger partial charge >= 0.3 is 0 Å². The Kier molecular flexibility index (Phi) is 7.06. The molecular weight excluding hydrogens is 283 g/mol. The number of hydrogen-bond donors (Lipinski definition) is 1. The number of amides is 1. The maximum atomic E-state index is 13.4. The van der Waals surface area contributed by atoms with Crippen molar-refractivity contribution in [3.05, 3.63) is 41.7 Å². The minimum atomic E-state index is -0.322. The van der Waals surface area contributed by atoms with Crippen LogP contribution < -0.4 is 5.32 Å². The molecule has 0 atom stereocenters. The molecule has 4 nitrogen and oxygen atoms in total. The number of nitrogens with zero attached hydrogens (tertiary/aromatic N) is 1. The Bertz CT molecular complexity index is 499. The van der Waals surface area contributed by atoms with Gasteiger partial charge in [0.1, 0.15) is 5.82 Å². The molecule has 0 spiro atoms. The number of nitrogens with one attached hydrogen (secondary N) is 1. The van der Waals surface area contributed by atoms with Crippen molar-refractivity contribution < 1.29 is 13.9 Å². The maximum Gasteiger partial charge on any atom is 0.244 e. The highest BCUT2D eigenvalue weighted by atomic mass is 19.1. The summed E-state index contributed by atoms with van der Waals surface area (Å²) in [6.45, 7) is 5.32. The van der Waals surface area contributed by atoms with Crippen molar-refractivity contribution >= 4 is 12.0 Å². The van der Waals surface area contributed by atoms with E-state index in [-0.39, 0.29) is 11.7 Å². The third kappa shape index (κ3) is 5.95. The van der Waals surface area contributed by atoms with E-state index >= 15 is 0 Å². The van der Waals surface area contributed by atoms with Gasteiger partial charge in [0.25, 0.3) is 0 Å². The standard InChI is InChI=1S/C17H23FN2O2/c18-16-6-2-1-5-15(16)7-8-17(21)19-9-3-4-10-20-11-13-22-14-12-20/h1-2,5-8H,3-4,9-14H2,(H,19,21)/b8-7+. The predicted molar refractivity (Wildman–Crippen MR) is 84.9 cm³/mol. The topological polar surface area (TPSA) is 41.6 Å². The second-order valence-corrected chi connectivity index (χ2v) is 5.31. The Labute approximate surface area is 131 Å². The third-order valence-electron chi connectivity index (χ3n) is 3.62. The fourth-order valence-corrected chi connectivity index (χ4v) is 2.33. The maximum absolute atomic E-state index is 13.4. The number of unbranched alkanes of at least 4 members (excludes halogenated alkanes) is 1. The van der Waals surface area contributed by atoms with Gasteiger partial charge in [-0.1, -0.05) is 18.2 Å². The molecule has 0 unspecified atom stereocenters. The molecule has 0 aromatic heterocycles. The highest BCUT2D eigenvalue weighted by Gasteiger charge is 2.08. The molecule has 2 rings (SSSR count). The van der Waals surface area contributed by atoms with Crippen molar-refractivity contribution in [2.24, 2.45) is 0 Å². The van der Waals surface area contributed by atoms with Crippen LogP contribution in [-0.4, -0.2) is 50.2 Å². The normalized spacial score (nSPS) is 16.0. The zero-order chi connectivity index (χ0) is 15.6. The first-order chi connectivity index (χ1) is 10.8. The number of rotatable bonds is 7. The van der Waals surface area contributed by atoms with Crippen LogP contribution in [0.3, 0.4) is 0 Å². The largest absolute Gasteiger partial charge is 0.379 e. The van der Waals surface area contributed by atoms with Crippen molar-refractivity contribution in [2.45, 2.75) is 12.8 Å². The summed E-state index contributed by atoms with van der Waals surface area (Å²) in [7, 11) is 0. The number of halogens is 1. The first-order valence-corrected chi connectivity index (χ1v) is 7.76. The number of morpholine rings is 1. The molecule has 1 amide bonds. The van der Waals surface area contributed by atoms with E-state index in [4.69, 9.17) is 4.74 Å². The molecule has 1 heterocycles. The summed E-state index contributed by atoms with van der Waals surface area (Å²) in [5, 5.41) is 2.82. The van der Waals surface area contributed by atoms with Gasteiger partial charge in [-0.25, -0.2) is 4.39 Å². The van der Waals surface area contributed by atoms with Crippen LogP contribution in [-0.2, 0) is 9.53 Å². The number of benzene rings is 1. The third-order valence-corrected chi connectivity index (χ3v) is 3.62. The summed E-state index contributed by atoms with van der Waals surface area (Å²) in [6.07, 6.45) is 4.87. The van der Waals surface area contributed by atoms with E-state index in [9.17, 15) is 9.18 Å². The van der Waals surface area contributed by atoms with Crippen molar-refractivity contribution in [2.75, 3.05) is 39.4 Å². The van der Waals surface area contributed by atoms with Gasteiger partial charge in [-0.05, 0) is 31.5 Å². The minimum Gasteiger partial charge on any atom is -0.379 e. The molecule has 1 aliphatic heterocycles. The minimum absolute atomic E-state index is 0.186. The summed E-state index contributed by atoms with van der Waals surface area (Å²) in [5.41, 5.74) is 0.421. The lowest BCUT2D eigenvalue weighted by Gasteiger charge is -2.26. The van der Waals surface area contributed by atoms with E-state index in [0.717, 1.165) is 45.7 Å². The van der Waals surface area contributed by atoms with Crippen LogP contribution in [0.2, 0.25) is 0 Å². The van der Waals surface area contributed by atoms with Gasteiger partial charge in [-0.3, -0.25) is 9.69 Å². The molecule has 1 aromatic rings. The Balaban J connectivity index is 1.58. The average Bonchev–Trinajstić information content (AvgIpc) is 2.55. The first kappa shape index (κ1) is 16.6. The van der Waals surface area contributed by atoms with Crippen LogP contribution in [0.1, 0.15) is 18.4 Å². The molecule has 120 valence electrons. The molecule has 1 fully saturated rings. The smallest absolute Gasteiger partial charge is 0.244 e. The van der Waals surface area contributed by atoms with Gasteiger partial charge in [0, 0.05) is 31.3 Å². The molecule has 0 saturated carbocycles. The molecule has 1 aliphatic rings. The first-order valence-electron chi connectivity index (χ1n) is 7.76. The molecule has 1 saturated heterocycles. The SMILES string of the molecule is O=C(/C=C/c1ccccc1F)NCCCCN1CCOCC1. The quantitative estimate of drug-likeness (QED) is 0.619. The molecule has 1 aromatic carbocycles. The summed E-state index contributed by atoms with van der Waals surface area (Å²) in [5.74, 6) is -0.508. The number of carbonyl (C=O) groups is 1. The number of carbonyl (C=O) groups excluding carboxylic acids is 1. The van der Waals surface area contributed by atoms with Gasteiger partial charge in [-0.2, -0.15) is 0 Å². The van der Waals surface area contributed by atoms with Gasteiger partial charge in [0.2, 0.25) is 5.91 Å². The highest BCUT2D eigenvalue weighted by Crippen LogP contribution is 2.07. The van der Waals surface area contributed by atoms with Gasteiger partial charge in [0.15, 0.2) is 0 Å². The predicted octanol–water partition coefficient (Wildman–Crippen LogP) is 2.07. The molecule has 1 N–H and O–H groups in total. The number of hydrogen-bond acceptors (Lipinski definition) is 3. The lowest BCUT2D eigenvalue weighted by molar-refractivity contribution is -0.116. The van der Waals surface area contributed by atoms with Crippen LogP contribution >= 0.6 is 0 Å². The second-order valence-electron chi connectivity index (χ2n) is 5.31. The highest BCUT2D eigenvalue weighted by molar-refractivity contribution is 5.91. The Morgan fingerprint density at radius 3 is 2.82 bits per heavy atom. The Morgan fingerprint density at radius 1 is 1.27 bits per heavy atom. The van der Waals surface area contributed by atoms with E-state index in [0.29, 0.717) is 12.1 Å². The van der Waals surface area contributed by atoms with E-state index in [1.54, 1.807) is 18.2 Å². The van der Waals surface area contributed by atoms with Crippen molar-refractivity contribution in [3.63, 3.8) is 0 Å². The zero-order valence-corrected chi connectivity index (χ0v) is 12.8. The van der Waals surface area contributed by atoms with Crippen molar-refractivity contribution in [3.8, 4) is 0 Å². The molecule has 0 bridgehead atoms. The van der Waals surface area contributed by atoms with Crippen LogP contribution in [0, 0.1) is 5.82 Å². The Hall–Kier alpha value is -1.72. The van der Waals surface area contributed by atoms with Crippen LogP contribution in [0.4, 0.5) is 4.39 Å². The van der Waals surface area contributed by atoms with Crippen molar-refractivity contribution in [1.29, 1.82) is 0 Å². The molecule has 0 aliphatic carbocycles. The molecular formula is C17H23FN2O2. The van der Waals surface area contributed by atoms with E-state index in [1.165, 1.54) is 18.2 Å². The number of ether oxygens (including phenoxy) is 1. The van der Waals surface area contributed by atoms with Crippen LogP contribution in [0.15, 0.2) is 30.3 Å². The Morgan fingerprint density at radius 2 is 2.05 bits per heavy atom. The zero-order valence-electron chi connectivity index (χ0n) is 12.8. The fourth-order valence-electron chi connectivity index (χ4n) is 2.33. The summed E-state index contributed by atoms with van der Waals surface area (Å²) >= 11 is 0. The summed E-state index contributed by atoms with van der Waals surface area (Å²) < 4.78 is 18.7. The van der Waals surface area contributed by atoms with Crippen LogP contribution in [0.5, 0.6) is 0 Å². The lowest BCUT2D eigenvalue weighted by Crippen LogP contribution is -2.37. The molecule has 22 heavy (non-hydrogen) atoms. The van der Waals surface area contributed by atoms with E-state index < -0.39 is 0 Å². The van der Waals surface area contributed by atoms with Crippen molar-refractivity contribution in [1.82, 2.24) is 10.2 Å². The van der Waals surface area contributed by atoms with E-state index in [1.807, 2.05) is 0 Å². The summed E-state index contributed by atoms with van der Waals surface area (Å²) in [4.78, 5) is 14.0. The van der Waals surface area contributed by atoms with Gasteiger partial charge in [0.05, 0.1) is 13.2 Å². The van der Waals surface area contributed by atoms with Crippen LogP contribution in [0.25, 0.3) is 6.08 Å². The molecule has 0 radical (unpaired) electrons. The van der Waals surface area contributed by atoms with Gasteiger partial charge in [-0.15, -0.1) is 0 Å². The fraction of sp³-hybridized carbons (Fsp3) is 0.471. The van der Waals surface area contributed by atoms with Gasteiger partial charge < -0.3 is 10.1 Å².